The molecule has 0 radical (unpaired) electrons. The minimum Gasteiger partial charge on any atom is -0.467 e. The second kappa shape index (κ2) is 7.19. The fourth-order valence-electron chi connectivity index (χ4n) is 1.86. The number of carbonyl (C=O) groups is 2. The summed E-state index contributed by atoms with van der Waals surface area (Å²) in [5.74, 6) is 0.815. The average molecular weight is 281 g/mol. The zero-order chi connectivity index (χ0) is 14.4. The lowest BCUT2D eigenvalue weighted by atomic mass is 10.1. The molecule has 5 heteroatoms. The van der Waals surface area contributed by atoms with E-state index in [0.29, 0.717) is 17.9 Å². The van der Waals surface area contributed by atoms with Crippen LogP contribution in [-0.2, 0) is 14.3 Å². The Morgan fingerprint density at radius 1 is 1.37 bits per heavy atom. The summed E-state index contributed by atoms with van der Waals surface area (Å²) in [6.07, 6.45) is 3.12. The first-order valence-electron chi connectivity index (χ1n) is 5.99. The maximum absolute atomic E-state index is 12.5. The molecular weight excluding hydrogens is 262 g/mol. The second-order valence-electron chi connectivity index (χ2n) is 4.12. The van der Waals surface area contributed by atoms with Gasteiger partial charge >= 0.3 is 5.97 Å². The highest BCUT2D eigenvalue weighted by Gasteiger charge is 2.34. The molecule has 0 aliphatic carbocycles. The predicted octanol–water partition coefficient (Wildman–Crippen LogP) is 1.79. The van der Waals surface area contributed by atoms with Crippen molar-refractivity contribution in [2.45, 2.75) is 13.0 Å². The van der Waals surface area contributed by atoms with Gasteiger partial charge in [0.1, 0.15) is 6.04 Å². The number of hydrogen-bond donors (Lipinski definition) is 0. The van der Waals surface area contributed by atoms with Gasteiger partial charge in [0, 0.05) is 23.6 Å². The van der Waals surface area contributed by atoms with Crippen molar-refractivity contribution in [3.63, 3.8) is 0 Å². The van der Waals surface area contributed by atoms with E-state index in [1.54, 1.807) is 29.7 Å². The number of hydrogen-bond acceptors (Lipinski definition) is 4. The summed E-state index contributed by atoms with van der Waals surface area (Å²) in [5, 5.41) is 0. The molecule has 1 aliphatic rings. The molecule has 1 unspecified atom stereocenters. The highest BCUT2D eigenvalue weighted by Crippen LogP contribution is 2.21. The third kappa shape index (κ3) is 3.50. The van der Waals surface area contributed by atoms with Crippen molar-refractivity contribution >= 4 is 23.6 Å². The molecule has 1 fully saturated rings. The van der Waals surface area contributed by atoms with Crippen LogP contribution in [0.5, 0.6) is 0 Å². The minimum absolute atomic E-state index is 0.192. The van der Waals surface area contributed by atoms with Gasteiger partial charge in [-0.15, -0.1) is 0 Å². The topological polar surface area (TPSA) is 46.6 Å². The van der Waals surface area contributed by atoms with Gasteiger partial charge in [0.15, 0.2) is 0 Å². The van der Waals surface area contributed by atoms with Crippen LogP contribution in [0, 0.1) is 0 Å². The number of rotatable bonds is 4. The molecule has 0 N–H and O–H groups in total. The van der Waals surface area contributed by atoms with Crippen LogP contribution in [0.4, 0.5) is 0 Å². The Morgan fingerprint density at radius 3 is 2.58 bits per heavy atom. The number of ether oxygens (including phenoxy) is 1. The standard InChI is InChI=1S/C14H19NO3S/c1-5-10(3)11(6-2)13(16)15-7-8-19-9-12(15)14(17)18-4/h5-6,12H,1-2,7-9H2,3-4H3/b11-10+. The second-order valence-corrected chi connectivity index (χ2v) is 5.27. The smallest absolute Gasteiger partial charge is 0.329 e. The van der Waals surface area contributed by atoms with Crippen LogP contribution in [0.3, 0.4) is 0 Å². The molecule has 19 heavy (non-hydrogen) atoms. The summed E-state index contributed by atoms with van der Waals surface area (Å²) in [6, 6.07) is -0.524. The third-order valence-electron chi connectivity index (χ3n) is 3.03. The molecule has 1 rings (SSSR count). The van der Waals surface area contributed by atoms with Crippen LogP contribution < -0.4 is 0 Å². The van der Waals surface area contributed by atoms with Crippen LogP contribution in [0.15, 0.2) is 36.5 Å². The molecule has 1 aliphatic heterocycles. The summed E-state index contributed by atoms with van der Waals surface area (Å²) in [4.78, 5) is 25.8. The number of nitrogens with zero attached hydrogens (tertiary/aromatic N) is 1. The van der Waals surface area contributed by atoms with Crippen molar-refractivity contribution in [1.29, 1.82) is 0 Å². The number of amides is 1. The van der Waals surface area contributed by atoms with Crippen LogP contribution in [0.2, 0.25) is 0 Å². The molecule has 1 atom stereocenters. The lowest BCUT2D eigenvalue weighted by Gasteiger charge is -2.33. The Morgan fingerprint density at radius 2 is 2.05 bits per heavy atom. The molecule has 0 bridgehead atoms. The van der Waals surface area contributed by atoms with E-state index in [4.69, 9.17) is 4.74 Å². The van der Waals surface area contributed by atoms with Crippen molar-refractivity contribution in [3.05, 3.63) is 36.5 Å². The first-order valence-corrected chi connectivity index (χ1v) is 7.14. The van der Waals surface area contributed by atoms with E-state index in [9.17, 15) is 9.59 Å². The molecule has 4 nitrogen and oxygen atoms in total. The summed E-state index contributed by atoms with van der Waals surface area (Å²) < 4.78 is 4.76. The summed E-state index contributed by atoms with van der Waals surface area (Å²) in [5.41, 5.74) is 1.23. The van der Waals surface area contributed by atoms with Gasteiger partial charge in [0.25, 0.3) is 5.91 Å². The predicted molar refractivity (Wildman–Crippen MR) is 77.9 cm³/mol. The van der Waals surface area contributed by atoms with E-state index in [0.717, 1.165) is 11.3 Å². The van der Waals surface area contributed by atoms with E-state index in [1.807, 2.05) is 0 Å². The maximum Gasteiger partial charge on any atom is 0.329 e. The fourth-order valence-corrected chi connectivity index (χ4v) is 2.89. The zero-order valence-electron chi connectivity index (χ0n) is 11.3. The van der Waals surface area contributed by atoms with Gasteiger partial charge in [0.05, 0.1) is 7.11 Å². The summed E-state index contributed by atoms with van der Waals surface area (Å²) >= 11 is 1.64. The normalized spacial score (nSPS) is 20.3. The zero-order valence-corrected chi connectivity index (χ0v) is 12.2. The molecule has 0 saturated carbocycles. The Hall–Kier alpha value is -1.49. The number of carbonyl (C=O) groups excluding carboxylic acids is 2. The molecule has 0 spiro atoms. The fraction of sp³-hybridized carbons (Fsp3) is 0.429. The van der Waals surface area contributed by atoms with Gasteiger partial charge in [-0.1, -0.05) is 25.3 Å². The molecule has 0 aromatic heterocycles. The summed E-state index contributed by atoms with van der Waals surface area (Å²) in [7, 11) is 1.34. The molecule has 104 valence electrons. The average Bonchev–Trinajstić information content (AvgIpc) is 2.46. The van der Waals surface area contributed by atoms with Crippen LogP contribution in [0.1, 0.15) is 6.92 Å². The van der Waals surface area contributed by atoms with Crippen LogP contribution >= 0.6 is 11.8 Å². The van der Waals surface area contributed by atoms with E-state index in [2.05, 4.69) is 13.2 Å². The van der Waals surface area contributed by atoms with Crippen molar-refractivity contribution in [3.8, 4) is 0 Å². The van der Waals surface area contributed by atoms with Crippen molar-refractivity contribution < 1.29 is 14.3 Å². The Bertz CT molecular complexity index is 428. The molecule has 1 amide bonds. The number of methoxy groups -OCH3 is 1. The van der Waals surface area contributed by atoms with Crippen molar-refractivity contribution in [2.24, 2.45) is 0 Å². The van der Waals surface area contributed by atoms with Gasteiger partial charge in [0.2, 0.25) is 0 Å². The van der Waals surface area contributed by atoms with Gasteiger partial charge < -0.3 is 9.64 Å². The lowest BCUT2D eigenvalue weighted by molar-refractivity contribution is -0.150. The molecule has 1 heterocycles. The van der Waals surface area contributed by atoms with Crippen molar-refractivity contribution in [2.75, 3.05) is 25.2 Å². The molecule has 1 saturated heterocycles. The third-order valence-corrected chi connectivity index (χ3v) is 4.05. The lowest BCUT2D eigenvalue weighted by Crippen LogP contribution is -2.51. The Labute approximate surface area is 118 Å². The van der Waals surface area contributed by atoms with Crippen LogP contribution in [0.25, 0.3) is 0 Å². The number of thioether (sulfide) groups is 1. The maximum atomic E-state index is 12.5. The highest BCUT2D eigenvalue weighted by molar-refractivity contribution is 7.99. The van der Waals surface area contributed by atoms with Crippen molar-refractivity contribution in [1.82, 2.24) is 4.90 Å². The number of esters is 1. The van der Waals surface area contributed by atoms with E-state index in [1.165, 1.54) is 13.2 Å². The Kier molecular flexibility index (Phi) is 5.89. The SMILES string of the molecule is C=C/C(C)=C(\C=C)C(=O)N1CCSCC1C(=O)OC. The monoisotopic (exact) mass is 281 g/mol. The van der Waals surface area contributed by atoms with Gasteiger partial charge in [-0.05, 0) is 12.5 Å². The first kappa shape index (κ1) is 15.6. The first-order chi connectivity index (χ1) is 9.06. The van der Waals surface area contributed by atoms with Gasteiger partial charge in [-0.25, -0.2) is 4.79 Å². The summed E-state index contributed by atoms with van der Waals surface area (Å²) in [6.45, 7) is 9.65. The highest BCUT2D eigenvalue weighted by atomic mass is 32.2. The van der Waals surface area contributed by atoms with Gasteiger partial charge in [-0.3, -0.25) is 4.79 Å². The minimum atomic E-state index is -0.524. The van der Waals surface area contributed by atoms with Gasteiger partial charge in [-0.2, -0.15) is 11.8 Å². The number of allylic oxidation sites excluding steroid dienone is 2. The Balaban J connectivity index is 3.03. The van der Waals surface area contributed by atoms with E-state index >= 15 is 0 Å². The van der Waals surface area contributed by atoms with E-state index < -0.39 is 6.04 Å². The largest absolute Gasteiger partial charge is 0.467 e. The molecular formula is C14H19NO3S. The molecule has 0 aromatic rings. The van der Waals surface area contributed by atoms with Crippen LogP contribution in [-0.4, -0.2) is 48.0 Å². The quantitative estimate of drug-likeness (QED) is 0.448. The van der Waals surface area contributed by atoms with E-state index in [-0.39, 0.29) is 11.9 Å². The molecule has 0 aromatic carbocycles.